The Morgan fingerprint density at radius 2 is 2.09 bits per heavy atom. The maximum absolute atomic E-state index is 13.2. The maximum atomic E-state index is 13.2. The Morgan fingerprint density at radius 3 is 2.70 bits per heavy atom. The monoisotopic (exact) mass is 455 g/mol. The SMILES string of the molecule is COc1cc(-c2cnc3cc([C@@](C)(C#N)CO)ccn23)cc(OC(F)F)c1C(=O)CC1CC1. The topological polar surface area (TPSA) is 96.8 Å². The van der Waals surface area contributed by atoms with Crippen molar-refractivity contribution in [2.24, 2.45) is 5.92 Å². The molecule has 3 aromatic rings. The van der Waals surface area contributed by atoms with Gasteiger partial charge in [0.05, 0.1) is 31.7 Å². The van der Waals surface area contributed by atoms with E-state index >= 15 is 0 Å². The summed E-state index contributed by atoms with van der Waals surface area (Å²) in [4.78, 5) is 17.2. The van der Waals surface area contributed by atoms with Gasteiger partial charge in [-0.1, -0.05) is 0 Å². The molecule has 4 rings (SSSR count). The van der Waals surface area contributed by atoms with Crippen molar-refractivity contribution in [3.8, 4) is 28.8 Å². The molecule has 33 heavy (non-hydrogen) atoms. The molecule has 9 heteroatoms. The number of nitrogens with zero attached hydrogens (tertiary/aromatic N) is 3. The Kier molecular flexibility index (Phi) is 6.04. The molecule has 2 aromatic heterocycles. The van der Waals surface area contributed by atoms with Crippen molar-refractivity contribution in [2.45, 2.75) is 38.2 Å². The molecular formula is C24H23F2N3O4. The Balaban J connectivity index is 1.81. The first kappa shape index (κ1) is 22.7. The fraction of sp³-hybridized carbons (Fsp3) is 0.375. The summed E-state index contributed by atoms with van der Waals surface area (Å²) in [6, 6.07) is 8.47. The highest BCUT2D eigenvalue weighted by Gasteiger charge is 2.30. The van der Waals surface area contributed by atoms with Crippen LogP contribution in [0.4, 0.5) is 8.78 Å². The summed E-state index contributed by atoms with van der Waals surface area (Å²) in [5.74, 6) is -0.113. The summed E-state index contributed by atoms with van der Waals surface area (Å²) in [6.07, 6.45) is 5.39. The number of pyridine rings is 1. The zero-order chi connectivity index (χ0) is 23.8. The third-order valence-corrected chi connectivity index (χ3v) is 5.96. The molecule has 0 bridgehead atoms. The highest BCUT2D eigenvalue weighted by atomic mass is 19.3. The molecular weight excluding hydrogens is 432 g/mol. The number of imidazole rings is 1. The Hall–Kier alpha value is -3.51. The van der Waals surface area contributed by atoms with Gasteiger partial charge in [0.1, 0.15) is 28.1 Å². The van der Waals surface area contributed by atoms with Crippen molar-refractivity contribution in [1.29, 1.82) is 5.26 Å². The van der Waals surface area contributed by atoms with Crippen LogP contribution in [0.5, 0.6) is 11.5 Å². The zero-order valence-corrected chi connectivity index (χ0v) is 18.2. The van der Waals surface area contributed by atoms with Crippen molar-refractivity contribution in [3.63, 3.8) is 0 Å². The van der Waals surface area contributed by atoms with Gasteiger partial charge in [-0.15, -0.1) is 0 Å². The van der Waals surface area contributed by atoms with E-state index in [1.165, 1.54) is 13.2 Å². The largest absolute Gasteiger partial charge is 0.496 e. The number of carbonyl (C=O) groups is 1. The van der Waals surface area contributed by atoms with Crippen LogP contribution in [-0.4, -0.2) is 40.6 Å². The van der Waals surface area contributed by atoms with Crippen molar-refractivity contribution >= 4 is 11.4 Å². The lowest BCUT2D eigenvalue weighted by molar-refractivity contribution is -0.0502. The van der Waals surface area contributed by atoms with Gasteiger partial charge in [0.25, 0.3) is 0 Å². The lowest BCUT2D eigenvalue weighted by atomic mass is 9.85. The summed E-state index contributed by atoms with van der Waals surface area (Å²) in [5, 5.41) is 19.0. The summed E-state index contributed by atoms with van der Waals surface area (Å²) in [7, 11) is 1.37. The van der Waals surface area contributed by atoms with Crippen molar-refractivity contribution < 1.29 is 28.2 Å². The second kappa shape index (κ2) is 8.79. The number of benzene rings is 1. The Labute approximate surface area is 189 Å². The molecule has 0 aliphatic heterocycles. The molecule has 1 atom stereocenters. The van der Waals surface area contributed by atoms with E-state index in [1.807, 2.05) is 0 Å². The van der Waals surface area contributed by atoms with E-state index in [-0.39, 0.29) is 41.8 Å². The number of aromatic nitrogens is 2. The third-order valence-electron chi connectivity index (χ3n) is 5.96. The summed E-state index contributed by atoms with van der Waals surface area (Å²) < 4.78 is 38.2. The molecule has 0 amide bonds. The third kappa shape index (κ3) is 4.39. The second-order valence-electron chi connectivity index (χ2n) is 8.39. The van der Waals surface area contributed by atoms with Gasteiger partial charge in [0.15, 0.2) is 5.78 Å². The number of fused-ring (bicyclic) bond motifs is 1. The molecule has 0 saturated heterocycles. The molecule has 1 fully saturated rings. The van der Waals surface area contributed by atoms with Crippen LogP contribution in [0.15, 0.2) is 36.7 Å². The first-order chi connectivity index (χ1) is 15.8. The van der Waals surface area contributed by atoms with E-state index < -0.39 is 12.0 Å². The van der Waals surface area contributed by atoms with Crippen LogP contribution in [0.1, 0.15) is 42.1 Å². The van der Waals surface area contributed by atoms with Crippen molar-refractivity contribution in [3.05, 3.63) is 47.8 Å². The predicted octanol–water partition coefficient (Wildman–Crippen LogP) is 4.37. The molecule has 7 nitrogen and oxygen atoms in total. The highest BCUT2D eigenvalue weighted by molar-refractivity contribution is 6.02. The van der Waals surface area contributed by atoms with Gasteiger partial charge in [0, 0.05) is 18.2 Å². The van der Waals surface area contributed by atoms with Gasteiger partial charge >= 0.3 is 6.61 Å². The van der Waals surface area contributed by atoms with Gasteiger partial charge in [-0.2, -0.15) is 14.0 Å². The second-order valence-corrected chi connectivity index (χ2v) is 8.39. The molecule has 0 radical (unpaired) electrons. The predicted molar refractivity (Wildman–Crippen MR) is 116 cm³/mol. The number of hydrogen-bond donors (Lipinski definition) is 1. The normalized spacial score (nSPS) is 15.3. The molecule has 2 heterocycles. The molecule has 1 saturated carbocycles. The van der Waals surface area contributed by atoms with Crippen LogP contribution in [0, 0.1) is 17.2 Å². The lowest BCUT2D eigenvalue weighted by Crippen LogP contribution is -2.24. The minimum absolute atomic E-state index is 0.0114. The van der Waals surface area contributed by atoms with Crippen LogP contribution >= 0.6 is 0 Å². The number of hydrogen-bond acceptors (Lipinski definition) is 6. The zero-order valence-electron chi connectivity index (χ0n) is 18.2. The fourth-order valence-corrected chi connectivity index (χ4v) is 3.78. The minimum atomic E-state index is -3.11. The number of ether oxygens (including phenoxy) is 2. The molecule has 1 aliphatic rings. The van der Waals surface area contributed by atoms with Gasteiger partial charge in [-0.3, -0.25) is 9.20 Å². The molecule has 1 N–H and O–H groups in total. The van der Waals surface area contributed by atoms with Crippen LogP contribution in [0.2, 0.25) is 0 Å². The molecule has 172 valence electrons. The van der Waals surface area contributed by atoms with E-state index in [2.05, 4.69) is 11.1 Å². The average Bonchev–Trinajstić information content (AvgIpc) is 3.51. The summed E-state index contributed by atoms with van der Waals surface area (Å²) in [6.45, 7) is -1.84. The van der Waals surface area contributed by atoms with E-state index in [0.29, 0.717) is 22.5 Å². The number of rotatable bonds is 9. The van der Waals surface area contributed by atoms with E-state index in [4.69, 9.17) is 9.47 Å². The Bertz CT molecular complexity index is 1250. The van der Waals surface area contributed by atoms with Crippen LogP contribution in [0.3, 0.4) is 0 Å². The summed E-state index contributed by atoms with van der Waals surface area (Å²) in [5.41, 5.74) is 1.05. The number of carbonyl (C=O) groups excluding carboxylic acids is 1. The number of aliphatic hydroxyl groups is 1. The quantitative estimate of drug-likeness (QED) is 0.482. The van der Waals surface area contributed by atoms with Gasteiger partial charge in [-0.05, 0) is 55.5 Å². The van der Waals surface area contributed by atoms with Crippen LogP contribution < -0.4 is 9.47 Å². The van der Waals surface area contributed by atoms with Crippen LogP contribution in [0.25, 0.3) is 16.9 Å². The number of ketones is 1. The fourth-order valence-electron chi connectivity index (χ4n) is 3.78. The highest BCUT2D eigenvalue weighted by Crippen LogP contribution is 2.40. The van der Waals surface area contributed by atoms with Crippen molar-refractivity contribution in [2.75, 3.05) is 13.7 Å². The number of aliphatic hydroxyl groups excluding tert-OH is 1. The number of halogens is 2. The molecule has 1 aliphatic carbocycles. The molecule has 1 aromatic carbocycles. The van der Waals surface area contributed by atoms with Gasteiger partial charge < -0.3 is 14.6 Å². The van der Waals surface area contributed by atoms with Gasteiger partial charge in [0.2, 0.25) is 0 Å². The van der Waals surface area contributed by atoms with E-state index in [1.54, 1.807) is 41.9 Å². The standard InChI is InChI=1S/C24H23F2N3O4/c1-24(12-27,13-30)16-5-6-29-17(11-28-21(29)10-16)15-8-19(32-2)22(18(31)7-14-3-4-14)20(9-15)33-23(25)26/h5-6,8-11,14,23,30H,3-4,7,13H2,1-2H3/t24-/m0/s1. The van der Waals surface area contributed by atoms with Crippen LogP contribution in [-0.2, 0) is 5.41 Å². The number of alkyl halides is 2. The first-order valence-electron chi connectivity index (χ1n) is 10.5. The van der Waals surface area contributed by atoms with E-state index in [0.717, 1.165) is 12.8 Å². The number of methoxy groups -OCH3 is 1. The number of nitriles is 1. The Morgan fingerprint density at radius 1 is 1.36 bits per heavy atom. The maximum Gasteiger partial charge on any atom is 0.387 e. The molecule has 0 unspecified atom stereocenters. The van der Waals surface area contributed by atoms with E-state index in [9.17, 15) is 23.9 Å². The summed E-state index contributed by atoms with van der Waals surface area (Å²) >= 11 is 0. The van der Waals surface area contributed by atoms with Crippen molar-refractivity contribution in [1.82, 2.24) is 9.38 Å². The lowest BCUT2D eigenvalue weighted by Gasteiger charge is -2.19. The smallest absolute Gasteiger partial charge is 0.387 e. The first-order valence-corrected chi connectivity index (χ1v) is 10.5. The average molecular weight is 455 g/mol. The minimum Gasteiger partial charge on any atom is -0.496 e. The van der Waals surface area contributed by atoms with Gasteiger partial charge in [-0.25, -0.2) is 4.98 Å². The molecule has 0 spiro atoms. The number of Topliss-reactive ketones (excluding diaryl/α,β-unsaturated/α-hetero) is 1.